The average molecular weight is 278 g/mol. The number of aromatic nitrogens is 2. The lowest BCUT2D eigenvalue weighted by atomic mass is 10.3. The Kier molecular flexibility index (Phi) is 2.24. The number of nitrogen functional groups attached to an aromatic ring is 1. The zero-order valence-electron chi connectivity index (χ0n) is 8.73. The lowest BCUT2D eigenvalue weighted by Crippen LogP contribution is -1.97. The highest BCUT2D eigenvalue weighted by atomic mass is 79.9. The van der Waals surface area contributed by atoms with Crippen molar-refractivity contribution < 1.29 is 0 Å². The van der Waals surface area contributed by atoms with Crippen molar-refractivity contribution in [3.05, 3.63) is 40.6 Å². The second-order valence-electron chi connectivity index (χ2n) is 4.17. The zero-order chi connectivity index (χ0) is 11.1. The van der Waals surface area contributed by atoms with Crippen LogP contribution in [-0.2, 0) is 0 Å². The molecule has 1 fully saturated rings. The second-order valence-corrected chi connectivity index (χ2v) is 5.02. The van der Waals surface area contributed by atoms with Gasteiger partial charge in [-0.05, 0) is 53.0 Å². The van der Waals surface area contributed by atoms with Crippen LogP contribution in [0.1, 0.15) is 24.5 Å². The molecule has 0 saturated heterocycles. The number of hydrogen-bond acceptors (Lipinski definition) is 2. The summed E-state index contributed by atoms with van der Waals surface area (Å²) in [5, 5.41) is 4.58. The molecular weight excluding hydrogens is 266 g/mol. The maximum Gasteiger partial charge on any atom is 0.0789 e. The third-order valence-corrected chi connectivity index (χ3v) is 3.46. The molecule has 0 amide bonds. The molecule has 2 aromatic rings. The summed E-state index contributed by atoms with van der Waals surface area (Å²) in [6.07, 6.45) is 4.56. The van der Waals surface area contributed by atoms with Gasteiger partial charge in [-0.15, -0.1) is 0 Å². The molecule has 2 N–H and O–H groups in total. The van der Waals surface area contributed by atoms with E-state index in [2.05, 4.69) is 27.1 Å². The number of benzene rings is 1. The van der Waals surface area contributed by atoms with Crippen LogP contribution in [-0.4, -0.2) is 9.78 Å². The minimum Gasteiger partial charge on any atom is -0.399 e. The Hall–Kier alpha value is -1.29. The van der Waals surface area contributed by atoms with E-state index in [0.29, 0.717) is 5.92 Å². The van der Waals surface area contributed by atoms with E-state index in [-0.39, 0.29) is 0 Å². The molecule has 3 nitrogen and oxygen atoms in total. The molecule has 82 valence electrons. The van der Waals surface area contributed by atoms with Gasteiger partial charge in [0.05, 0.1) is 11.4 Å². The zero-order valence-corrected chi connectivity index (χ0v) is 10.3. The molecule has 0 atom stereocenters. The molecule has 1 aliphatic rings. The van der Waals surface area contributed by atoms with Gasteiger partial charge in [-0.25, -0.2) is 4.68 Å². The van der Waals surface area contributed by atoms with E-state index in [1.54, 1.807) is 0 Å². The molecule has 1 aromatic carbocycles. The van der Waals surface area contributed by atoms with Gasteiger partial charge in [0.2, 0.25) is 0 Å². The summed E-state index contributed by atoms with van der Waals surface area (Å²) in [6.45, 7) is 0. The Bertz CT molecular complexity index is 529. The molecule has 4 heteroatoms. The Morgan fingerprint density at radius 3 is 2.81 bits per heavy atom. The summed E-state index contributed by atoms with van der Waals surface area (Å²) in [5.74, 6) is 0.689. The number of anilines is 1. The Labute approximate surface area is 102 Å². The van der Waals surface area contributed by atoms with Gasteiger partial charge < -0.3 is 5.73 Å². The second kappa shape index (κ2) is 3.63. The highest BCUT2D eigenvalue weighted by molar-refractivity contribution is 9.10. The summed E-state index contributed by atoms with van der Waals surface area (Å²) in [6, 6.07) is 7.86. The molecule has 16 heavy (non-hydrogen) atoms. The van der Waals surface area contributed by atoms with Crippen LogP contribution in [0.2, 0.25) is 0 Å². The van der Waals surface area contributed by atoms with Crippen molar-refractivity contribution in [2.45, 2.75) is 18.8 Å². The van der Waals surface area contributed by atoms with E-state index in [1.165, 1.54) is 18.5 Å². The van der Waals surface area contributed by atoms with Crippen LogP contribution >= 0.6 is 15.9 Å². The van der Waals surface area contributed by atoms with Crippen LogP contribution in [0.4, 0.5) is 5.69 Å². The van der Waals surface area contributed by atoms with Crippen molar-refractivity contribution in [2.75, 3.05) is 5.73 Å². The lowest BCUT2D eigenvalue weighted by molar-refractivity contribution is 0.834. The molecule has 1 heterocycles. The maximum absolute atomic E-state index is 5.71. The quantitative estimate of drug-likeness (QED) is 0.858. The van der Waals surface area contributed by atoms with Crippen LogP contribution < -0.4 is 5.73 Å². The Balaban J connectivity index is 2.00. The SMILES string of the molecule is Nc1ccc(-n2ccc(C3CC3)n2)c(Br)c1. The van der Waals surface area contributed by atoms with Crippen LogP contribution in [0, 0.1) is 0 Å². The summed E-state index contributed by atoms with van der Waals surface area (Å²) in [5.41, 5.74) is 8.69. The molecule has 0 aliphatic heterocycles. The van der Waals surface area contributed by atoms with Crippen LogP contribution in [0.5, 0.6) is 0 Å². The molecule has 0 spiro atoms. The number of nitrogens with zero attached hydrogens (tertiary/aromatic N) is 2. The fraction of sp³-hybridized carbons (Fsp3) is 0.250. The monoisotopic (exact) mass is 277 g/mol. The van der Waals surface area contributed by atoms with E-state index in [1.807, 2.05) is 29.1 Å². The van der Waals surface area contributed by atoms with Crippen molar-refractivity contribution in [3.8, 4) is 5.69 Å². The number of halogens is 1. The fourth-order valence-electron chi connectivity index (χ4n) is 1.78. The van der Waals surface area contributed by atoms with Gasteiger partial charge in [0.1, 0.15) is 0 Å². The lowest BCUT2D eigenvalue weighted by Gasteiger charge is -2.05. The normalized spacial score (nSPS) is 15.3. The largest absolute Gasteiger partial charge is 0.399 e. The summed E-state index contributed by atoms with van der Waals surface area (Å²) in [4.78, 5) is 0. The van der Waals surface area contributed by atoms with Crippen molar-refractivity contribution in [3.63, 3.8) is 0 Å². The molecule has 1 saturated carbocycles. The first kappa shape index (κ1) is 9.90. The standard InChI is InChI=1S/C12H12BrN3/c13-10-7-9(14)3-4-12(10)16-6-5-11(15-16)8-1-2-8/h3-8H,1-2,14H2. The predicted molar refractivity (Wildman–Crippen MR) is 67.7 cm³/mol. The molecule has 0 unspecified atom stereocenters. The van der Waals surface area contributed by atoms with Gasteiger partial charge in [0, 0.05) is 22.3 Å². The summed E-state index contributed by atoms with van der Waals surface area (Å²) >= 11 is 3.50. The average Bonchev–Trinajstić information content (AvgIpc) is 2.98. The molecule has 3 rings (SSSR count). The van der Waals surface area contributed by atoms with Gasteiger partial charge in [0.15, 0.2) is 0 Å². The van der Waals surface area contributed by atoms with E-state index in [9.17, 15) is 0 Å². The van der Waals surface area contributed by atoms with Gasteiger partial charge in [-0.1, -0.05) is 0 Å². The fourth-order valence-corrected chi connectivity index (χ4v) is 2.36. The third kappa shape index (κ3) is 1.73. The topological polar surface area (TPSA) is 43.8 Å². The van der Waals surface area contributed by atoms with Crippen LogP contribution in [0.25, 0.3) is 5.69 Å². The highest BCUT2D eigenvalue weighted by Crippen LogP contribution is 2.39. The predicted octanol–water partition coefficient (Wildman–Crippen LogP) is 3.09. The number of nitrogens with two attached hydrogens (primary N) is 1. The minimum absolute atomic E-state index is 0.689. The summed E-state index contributed by atoms with van der Waals surface area (Å²) in [7, 11) is 0. The van der Waals surface area contributed by atoms with Crippen LogP contribution in [0.15, 0.2) is 34.9 Å². The first-order chi connectivity index (χ1) is 7.74. The molecule has 1 aromatic heterocycles. The van der Waals surface area contributed by atoms with Crippen molar-refractivity contribution in [1.82, 2.24) is 9.78 Å². The third-order valence-electron chi connectivity index (χ3n) is 2.82. The maximum atomic E-state index is 5.71. The Morgan fingerprint density at radius 1 is 1.31 bits per heavy atom. The Morgan fingerprint density at radius 2 is 2.12 bits per heavy atom. The van der Waals surface area contributed by atoms with Crippen molar-refractivity contribution in [1.29, 1.82) is 0 Å². The number of hydrogen-bond donors (Lipinski definition) is 1. The van der Waals surface area contributed by atoms with Crippen LogP contribution in [0.3, 0.4) is 0 Å². The van der Waals surface area contributed by atoms with E-state index >= 15 is 0 Å². The van der Waals surface area contributed by atoms with Gasteiger partial charge in [-0.3, -0.25) is 0 Å². The van der Waals surface area contributed by atoms with Gasteiger partial charge >= 0.3 is 0 Å². The highest BCUT2D eigenvalue weighted by Gasteiger charge is 2.25. The first-order valence-corrected chi connectivity index (χ1v) is 6.14. The van der Waals surface area contributed by atoms with E-state index < -0.39 is 0 Å². The smallest absolute Gasteiger partial charge is 0.0789 e. The molecule has 1 aliphatic carbocycles. The van der Waals surface area contributed by atoms with Crippen molar-refractivity contribution in [2.24, 2.45) is 0 Å². The molecule has 0 bridgehead atoms. The summed E-state index contributed by atoms with van der Waals surface area (Å²) < 4.78 is 2.87. The minimum atomic E-state index is 0.689. The molecule has 0 radical (unpaired) electrons. The van der Waals surface area contributed by atoms with Crippen molar-refractivity contribution >= 4 is 21.6 Å². The van der Waals surface area contributed by atoms with E-state index in [4.69, 9.17) is 5.73 Å². The van der Waals surface area contributed by atoms with Gasteiger partial charge in [0.25, 0.3) is 0 Å². The van der Waals surface area contributed by atoms with E-state index in [0.717, 1.165) is 15.8 Å². The first-order valence-electron chi connectivity index (χ1n) is 5.35. The number of rotatable bonds is 2. The molecular formula is C12H12BrN3. The van der Waals surface area contributed by atoms with Gasteiger partial charge in [-0.2, -0.15) is 5.10 Å².